The van der Waals surface area contributed by atoms with Gasteiger partial charge < -0.3 is 9.80 Å². The molecule has 0 radical (unpaired) electrons. The van der Waals surface area contributed by atoms with E-state index in [0.29, 0.717) is 30.2 Å². The van der Waals surface area contributed by atoms with E-state index in [1.807, 2.05) is 18.9 Å². The van der Waals surface area contributed by atoms with Crippen LogP contribution >= 0.6 is 0 Å². The molecule has 0 aliphatic carbocycles. The van der Waals surface area contributed by atoms with Crippen molar-refractivity contribution in [2.45, 2.75) is 25.8 Å². The van der Waals surface area contributed by atoms with Gasteiger partial charge in [-0.2, -0.15) is 0 Å². The topological polar surface area (TPSA) is 86.7 Å². The van der Waals surface area contributed by atoms with Crippen molar-refractivity contribution in [3.63, 3.8) is 0 Å². The molecule has 4 rings (SSSR count). The molecule has 1 atom stereocenters. The first-order chi connectivity index (χ1) is 14.0. The molecule has 8 heteroatoms. The molecular formula is C21H23N5O3. The van der Waals surface area contributed by atoms with Crippen LogP contribution in [0, 0.1) is 6.92 Å². The second-order valence-electron chi connectivity index (χ2n) is 7.55. The Bertz CT molecular complexity index is 924. The molecule has 1 aromatic carbocycles. The maximum absolute atomic E-state index is 12.9. The minimum absolute atomic E-state index is 0.0811. The van der Waals surface area contributed by atoms with Gasteiger partial charge in [-0.05, 0) is 37.5 Å². The van der Waals surface area contributed by atoms with Crippen molar-refractivity contribution in [2.24, 2.45) is 0 Å². The zero-order chi connectivity index (χ0) is 20.5. The van der Waals surface area contributed by atoms with Crippen LogP contribution in [0.5, 0.6) is 0 Å². The van der Waals surface area contributed by atoms with Gasteiger partial charge >= 0.3 is 0 Å². The van der Waals surface area contributed by atoms with Crippen LogP contribution in [0.3, 0.4) is 0 Å². The third-order valence-electron chi connectivity index (χ3n) is 5.55. The number of likely N-dealkylation sites (N-methyl/N-ethyl adjacent to an activating group) is 1. The highest BCUT2D eigenvalue weighted by atomic mass is 16.2. The average Bonchev–Trinajstić information content (AvgIpc) is 2.99. The van der Waals surface area contributed by atoms with Crippen LogP contribution in [0.25, 0.3) is 0 Å². The smallest absolute Gasteiger partial charge is 0.262 e. The quantitative estimate of drug-likeness (QED) is 0.732. The largest absolute Gasteiger partial charge is 0.339 e. The second-order valence-corrected chi connectivity index (χ2v) is 7.55. The van der Waals surface area contributed by atoms with Crippen LogP contribution < -0.4 is 4.90 Å². The molecule has 3 amide bonds. The third kappa shape index (κ3) is 3.57. The zero-order valence-electron chi connectivity index (χ0n) is 16.5. The number of anilines is 1. The molecule has 0 spiro atoms. The highest BCUT2D eigenvalue weighted by molar-refractivity contribution is 6.22. The summed E-state index contributed by atoms with van der Waals surface area (Å²) < 4.78 is 0. The molecule has 2 aliphatic heterocycles. The van der Waals surface area contributed by atoms with Crippen molar-refractivity contribution in [3.8, 4) is 0 Å². The lowest BCUT2D eigenvalue weighted by atomic mass is 10.0. The van der Waals surface area contributed by atoms with E-state index in [2.05, 4.69) is 9.97 Å². The number of carbonyl (C=O) groups is 3. The number of benzene rings is 1. The predicted molar refractivity (Wildman–Crippen MR) is 107 cm³/mol. The van der Waals surface area contributed by atoms with E-state index in [1.54, 1.807) is 41.6 Å². The summed E-state index contributed by atoms with van der Waals surface area (Å²) in [5, 5.41) is 0. The number of piperidine rings is 1. The summed E-state index contributed by atoms with van der Waals surface area (Å²) in [6.45, 7) is 2.82. The number of aromatic nitrogens is 2. The maximum Gasteiger partial charge on any atom is 0.262 e. The summed E-state index contributed by atoms with van der Waals surface area (Å²) in [5.74, 6) is -0.409. The summed E-state index contributed by atoms with van der Waals surface area (Å²) in [6, 6.07) is 6.75. The lowest BCUT2D eigenvalue weighted by Gasteiger charge is -2.38. The molecule has 2 aromatic rings. The fourth-order valence-corrected chi connectivity index (χ4v) is 3.85. The van der Waals surface area contributed by atoms with Crippen LogP contribution in [0.15, 0.2) is 36.7 Å². The summed E-state index contributed by atoms with van der Waals surface area (Å²) >= 11 is 0. The summed E-state index contributed by atoms with van der Waals surface area (Å²) in [4.78, 5) is 51.4. The van der Waals surface area contributed by atoms with E-state index in [-0.39, 0.29) is 18.5 Å². The lowest BCUT2D eigenvalue weighted by Crippen LogP contribution is -2.52. The Morgan fingerprint density at radius 2 is 1.76 bits per heavy atom. The van der Waals surface area contributed by atoms with Crippen molar-refractivity contribution >= 4 is 23.7 Å². The fraction of sp³-hybridized carbons (Fsp3) is 0.381. The van der Waals surface area contributed by atoms with Gasteiger partial charge in [0.2, 0.25) is 11.9 Å². The van der Waals surface area contributed by atoms with Gasteiger partial charge in [0, 0.05) is 38.6 Å². The van der Waals surface area contributed by atoms with Crippen molar-refractivity contribution < 1.29 is 14.4 Å². The number of hydrogen-bond donors (Lipinski definition) is 0. The van der Waals surface area contributed by atoms with E-state index in [1.165, 1.54) is 0 Å². The van der Waals surface area contributed by atoms with E-state index >= 15 is 0 Å². The first-order valence-corrected chi connectivity index (χ1v) is 9.70. The minimum atomic E-state index is -0.405. The molecule has 8 nitrogen and oxygen atoms in total. The second kappa shape index (κ2) is 7.62. The number of fused-ring (bicyclic) bond motifs is 1. The van der Waals surface area contributed by atoms with Crippen molar-refractivity contribution in [1.29, 1.82) is 0 Å². The number of imide groups is 1. The summed E-state index contributed by atoms with van der Waals surface area (Å²) in [5.41, 5.74) is 1.71. The average molecular weight is 393 g/mol. The van der Waals surface area contributed by atoms with E-state index in [9.17, 15) is 14.4 Å². The van der Waals surface area contributed by atoms with E-state index < -0.39 is 11.8 Å². The number of amides is 3. The molecule has 150 valence electrons. The SMILES string of the molecule is Cc1cnc(N(C)C2CCCN(C(=O)CN3C(=O)c4ccccc4C3=O)C2)nc1. The highest BCUT2D eigenvalue weighted by Gasteiger charge is 2.38. The number of rotatable bonds is 4. The molecule has 0 N–H and O–H groups in total. The van der Waals surface area contributed by atoms with Gasteiger partial charge in [0.05, 0.1) is 11.1 Å². The molecule has 1 fully saturated rings. The van der Waals surface area contributed by atoms with Crippen LogP contribution in [-0.2, 0) is 4.79 Å². The van der Waals surface area contributed by atoms with Gasteiger partial charge in [-0.25, -0.2) is 9.97 Å². The highest BCUT2D eigenvalue weighted by Crippen LogP contribution is 2.23. The molecule has 3 heterocycles. The number of likely N-dealkylation sites (tertiary alicyclic amines) is 1. The number of aryl methyl sites for hydroxylation is 1. The van der Waals surface area contributed by atoms with Gasteiger partial charge in [0.15, 0.2) is 0 Å². The molecule has 1 aromatic heterocycles. The summed E-state index contributed by atoms with van der Waals surface area (Å²) in [7, 11) is 1.92. The van der Waals surface area contributed by atoms with Crippen molar-refractivity contribution in [3.05, 3.63) is 53.3 Å². The van der Waals surface area contributed by atoms with Crippen molar-refractivity contribution in [2.75, 3.05) is 31.6 Å². The van der Waals surface area contributed by atoms with E-state index in [0.717, 1.165) is 23.3 Å². The Kier molecular flexibility index (Phi) is 5.00. The lowest BCUT2D eigenvalue weighted by molar-refractivity contribution is -0.132. The minimum Gasteiger partial charge on any atom is -0.339 e. The van der Waals surface area contributed by atoms with Gasteiger partial charge in [-0.15, -0.1) is 0 Å². The molecule has 1 saturated heterocycles. The van der Waals surface area contributed by atoms with Gasteiger partial charge in [0.25, 0.3) is 11.8 Å². The Morgan fingerprint density at radius 3 is 2.38 bits per heavy atom. The number of hydrogen-bond acceptors (Lipinski definition) is 6. The van der Waals surface area contributed by atoms with Gasteiger partial charge in [-0.1, -0.05) is 12.1 Å². The maximum atomic E-state index is 12.9. The number of nitrogens with zero attached hydrogens (tertiary/aromatic N) is 5. The Morgan fingerprint density at radius 1 is 1.14 bits per heavy atom. The van der Waals surface area contributed by atoms with Crippen LogP contribution in [0.1, 0.15) is 39.1 Å². The number of carbonyl (C=O) groups excluding carboxylic acids is 3. The first kappa shape index (κ1) is 19.0. The molecule has 0 bridgehead atoms. The molecule has 2 aliphatic rings. The Hall–Kier alpha value is -3.29. The predicted octanol–water partition coefficient (Wildman–Crippen LogP) is 1.51. The van der Waals surface area contributed by atoms with Crippen LogP contribution in [0.4, 0.5) is 5.95 Å². The molecular weight excluding hydrogens is 370 g/mol. The van der Waals surface area contributed by atoms with Crippen LogP contribution in [0.2, 0.25) is 0 Å². The Balaban J connectivity index is 1.42. The first-order valence-electron chi connectivity index (χ1n) is 9.70. The molecule has 1 unspecified atom stereocenters. The zero-order valence-corrected chi connectivity index (χ0v) is 16.5. The van der Waals surface area contributed by atoms with Crippen molar-refractivity contribution in [1.82, 2.24) is 19.8 Å². The Labute approximate surface area is 169 Å². The third-order valence-corrected chi connectivity index (χ3v) is 5.55. The monoisotopic (exact) mass is 393 g/mol. The molecule has 29 heavy (non-hydrogen) atoms. The van der Waals surface area contributed by atoms with Crippen LogP contribution in [-0.4, -0.2) is 70.2 Å². The standard InChI is InChI=1S/C21H23N5O3/c1-14-10-22-21(23-11-14)24(2)15-6-5-9-25(12-15)18(27)13-26-19(28)16-7-3-4-8-17(16)20(26)29/h3-4,7-8,10-11,15H,5-6,9,12-13H2,1-2H3. The normalized spacial score (nSPS) is 18.8. The fourth-order valence-electron chi connectivity index (χ4n) is 3.85. The van der Waals surface area contributed by atoms with E-state index in [4.69, 9.17) is 0 Å². The van der Waals surface area contributed by atoms with Gasteiger partial charge in [0.1, 0.15) is 6.54 Å². The van der Waals surface area contributed by atoms with Gasteiger partial charge in [-0.3, -0.25) is 19.3 Å². The molecule has 0 saturated carbocycles. The summed E-state index contributed by atoms with van der Waals surface area (Å²) in [6.07, 6.45) is 5.30.